The lowest BCUT2D eigenvalue weighted by atomic mass is 9.78. The van der Waals surface area contributed by atoms with E-state index in [1.54, 1.807) is 12.1 Å². The number of amides is 1. The van der Waals surface area contributed by atoms with Gasteiger partial charge in [0, 0.05) is 17.7 Å². The average molecular weight is 509 g/mol. The summed E-state index contributed by atoms with van der Waals surface area (Å²) in [5, 5.41) is 14.8. The van der Waals surface area contributed by atoms with Crippen LogP contribution in [0.1, 0.15) is 48.3 Å². The van der Waals surface area contributed by atoms with E-state index in [1.165, 1.54) is 47.2 Å². The predicted molar refractivity (Wildman–Crippen MR) is 144 cm³/mol. The predicted octanol–water partition coefficient (Wildman–Crippen LogP) is 5.94. The molecule has 2 heterocycles. The smallest absolute Gasteiger partial charge is 0.270 e. The largest absolute Gasteiger partial charge is 0.506 e. The van der Waals surface area contributed by atoms with Crippen molar-refractivity contribution in [1.82, 2.24) is 15.7 Å². The average Bonchev–Trinajstić information content (AvgIpc) is 3.54. The first-order valence-electron chi connectivity index (χ1n) is 13.0. The lowest BCUT2D eigenvalue weighted by Gasteiger charge is -2.31. The molecule has 1 aliphatic heterocycles. The molecule has 0 spiro atoms. The van der Waals surface area contributed by atoms with Crippen molar-refractivity contribution in [2.75, 3.05) is 5.01 Å². The molecule has 3 atom stereocenters. The molecule has 38 heavy (non-hydrogen) atoms. The van der Waals surface area contributed by atoms with Gasteiger partial charge in [-0.1, -0.05) is 42.8 Å². The Morgan fingerprint density at radius 3 is 2.68 bits per heavy atom. The van der Waals surface area contributed by atoms with Crippen molar-refractivity contribution >= 4 is 11.6 Å². The summed E-state index contributed by atoms with van der Waals surface area (Å²) in [5.74, 6) is 0.0526. The highest BCUT2D eigenvalue weighted by molar-refractivity contribution is 5.92. The zero-order valence-corrected chi connectivity index (χ0v) is 21.1. The van der Waals surface area contributed by atoms with Gasteiger partial charge < -0.3 is 15.8 Å². The van der Waals surface area contributed by atoms with E-state index in [4.69, 9.17) is 0 Å². The quantitative estimate of drug-likeness (QED) is 0.384. The summed E-state index contributed by atoms with van der Waals surface area (Å²) >= 11 is 0. The van der Waals surface area contributed by atoms with E-state index >= 15 is 0 Å². The third kappa shape index (κ3) is 4.45. The molecule has 6 rings (SSSR count). The van der Waals surface area contributed by atoms with E-state index in [9.17, 15) is 14.3 Å². The van der Waals surface area contributed by atoms with Crippen molar-refractivity contribution in [3.63, 3.8) is 0 Å². The number of halogens is 1. The van der Waals surface area contributed by atoms with E-state index in [0.717, 1.165) is 36.2 Å². The minimum absolute atomic E-state index is 0.0268. The number of hydrazine groups is 1. The molecule has 3 aliphatic rings. The highest BCUT2D eigenvalue weighted by atomic mass is 19.1. The Kier molecular flexibility index (Phi) is 6.19. The van der Waals surface area contributed by atoms with E-state index in [1.807, 2.05) is 41.5 Å². The molecule has 1 unspecified atom stereocenters. The minimum Gasteiger partial charge on any atom is -0.506 e. The number of benzene rings is 2. The third-order valence-corrected chi connectivity index (χ3v) is 7.80. The lowest BCUT2D eigenvalue weighted by Crippen LogP contribution is -2.31. The van der Waals surface area contributed by atoms with Gasteiger partial charge in [-0.05, 0) is 78.8 Å². The number of pyridine rings is 1. The molecule has 3 N–H and O–H groups in total. The number of aromatic nitrogens is 1. The van der Waals surface area contributed by atoms with E-state index in [0.29, 0.717) is 5.92 Å². The van der Waals surface area contributed by atoms with Crippen LogP contribution in [0, 0.1) is 17.7 Å². The number of anilines is 1. The topological polar surface area (TPSA) is 77.5 Å². The first-order valence-corrected chi connectivity index (χ1v) is 13.0. The van der Waals surface area contributed by atoms with Gasteiger partial charge in [0.25, 0.3) is 5.91 Å². The normalized spacial score (nSPS) is 20.7. The molecule has 1 aromatic heterocycles. The Balaban J connectivity index is 1.27. The number of fused-ring (bicyclic) bond motifs is 1. The molecule has 3 aromatic rings. The number of nitrogens with zero attached hydrogens (tertiary/aromatic N) is 2. The maximum Gasteiger partial charge on any atom is 0.270 e. The number of carbonyl (C=O) groups excluding carboxylic acids is 1. The number of carbonyl (C=O) groups is 1. The molecule has 0 fully saturated rings. The van der Waals surface area contributed by atoms with Crippen LogP contribution in [-0.2, 0) is 0 Å². The van der Waals surface area contributed by atoms with Crippen LogP contribution >= 0.6 is 0 Å². The number of nitrogens with one attached hydrogen (secondary N) is 2. The Hall–Kier alpha value is -4.39. The van der Waals surface area contributed by atoms with Crippen molar-refractivity contribution < 1.29 is 14.3 Å². The van der Waals surface area contributed by atoms with Crippen LogP contribution < -0.4 is 15.8 Å². The van der Waals surface area contributed by atoms with Crippen LogP contribution in [0.25, 0.3) is 0 Å². The molecule has 0 saturated heterocycles. The number of rotatable bonds is 6. The molecule has 2 aliphatic carbocycles. The molecule has 0 saturated carbocycles. The van der Waals surface area contributed by atoms with Gasteiger partial charge in [-0.3, -0.25) is 9.80 Å². The highest BCUT2D eigenvalue weighted by Gasteiger charge is 2.39. The van der Waals surface area contributed by atoms with Crippen molar-refractivity contribution in [1.29, 1.82) is 0 Å². The van der Waals surface area contributed by atoms with Crippen molar-refractivity contribution in [2.45, 2.75) is 32.2 Å². The van der Waals surface area contributed by atoms with Crippen LogP contribution in [0.5, 0.6) is 5.75 Å². The highest BCUT2D eigenvalue weighted by Crippen LogP contribution is 2.49. The van der Waals surface area contributed by atoms with Gasteiger partial charge in [-0.15, -0.1) is 0 Å². The molecule has 192 valence electrons. The molecule has 7 heteroatoms. The number of hydrogen-bond acceptors (Lipinski definition) is 5. The molecule has 1 amide bonds. The summed E-state index contributed by atoms with van der Waals surface area (Å²) in [6, 6.07) is 19.4. The summed E-state index contributed by atoms with van der Waals surface area (Å²) in [4.78, 5) is 17.2. The third-order valence-electron chi connectivity index (χ3n) is 7.80. The Morgan fingerprint density at radius 2 is 1.95 bits per heavy atom. The SMILES string of the molecule is C[C@H]1C2=CNN(c3ccc(F)cc3)C2=CC2=C1[C@@H](CC(NC(=O)c1ccc(O)cn1)c1ccccc1)CC2. The minimum atomic E-state index is -0.262. The summed E-state index contributed by atoms with van der Waals surface area (Å²) in [7, 11) is 0. The van der Waals surface area contributed by atoms with Gasteiger partial charge in [0.05, 0.1) is 23.6 Å². The van der Waals surface area contributed by atoms with Crippen LogP contribution in [0.15, 0.2) is 108 Å². The van der Waals surface area contributed by atoms with Crippen LogP contribution in [-0.4, -0.2) is 16.0 Å². The fourth-order valence-electron chi connectivity index (χ4n) is 5.96. The van der Waals surface area contributed by atoms with E-state index in [-0.39, 0.29) is 35.1 Å². The zero-order valence-electron chi connectivity index (χ0n) is 21.1. The van der Waals surface area contributed by atoms with Gasteiger partial charge in [0.2, 0.25) is 0 Å². The molecule has 6 nitrogen and oxygen atoms in total. The summed E-state index contributed by atoms with van der Waals surface area (Å²) < 4.78 is 13.5. The molecule has 2 aromatic carbocycles. The molecular weight excluding hydrogens is 479 g/mol. The summed E-state index contributed by atoms with van der Waals surface area (Å²) in [6.45, 7) is 2.25. The Bertz CT molecular complexity index is 1450. The number of allylic oxidation sites excluding steroid dienone is 4. The van der Waals surface area contributed by atoms with Gasteiger partial charge in [0.1, 0.15) is 17.3 Å². The maximum absolute atomic E-state index is 13.5. The second-order valence-electron chi connectivity index (χ2n) is 10.1. The first-order chi connectivity index (χ1) is 18.5. The molecule has 0 radical (unpaired) electrons. The van der Waals surface area contributed by atoms with Crippen molar-refractivity contribution in [2.24, 2.45) is 11.8 Å². The Labute approximate surface area is 221 Å². The standard InChI is InChI=1S/C31H29FN4O2/c1-19-26-18-34-36(24-11-9-23(32)10-12-24)29(26)16-22-8-7-21(30(19)22)15-28(20-5-3-2-4-6-20)35-31(38)27-14-13-25(37)17-33-27/h2-6,9-14,16-19,21,28,34,37H,7-8,15H2,1H3,(H,35,38)/t19-,21+,28?/m0/s1. The monoisotopic (exact) mass is 508 g/mol. The summed E-state index contributed by atoms with van der Waals surface area (Å²) in [5.41, 5.74) is 10.7. The fourth-order valence-corrected chi connectivity index (χ4v) is 5.96. The zero-order chi connectivity index (χ0) is 26.2. The number of hydrogen-bond donors (Lipinski definition) is 3. The first kappa shape index (κ1) is 24.0. The van der Waals surface area contributed by atoms with Crippen molar-refractivity contribution in [3.8, 4) is 5.75 Å². The maximum atomic E-state index is 13.5. The second kappa shape index (κ2) is 9.82. The van der Waals surface area contributed by atoms with Crippen LogP contribution in [0.2, 0.25) is 0 Å². The van der Waals surface area contributed by atoms with Crippen LogP contribution in [0.4, 0.5) is 10.1 Å². The fraction of sp³-hybridized carbons (Fsp3) is 0.226. The van der Waals surface area contributed by atoms with Crippen molar-refractivity contribution in [3.05, 3.63) is 125 Å². The molecular formula is C31H29FN4O2. The van der Waals surface area contributed by atoms with E-state index in [2.05, 4.69) is 28.7 Å². The molecule has 0 bridgehead atoms. The number of aromatic hydroxyl groups is 1. The lowest BCUT2D eigenvalue weighted by molar-refractivity contribution is 0.0926. The van der Waals surface area contributed by atoms with Gasteiger partial charge in [-0.2, -0.15) is 0 Å². The van der Waals surface area contributed by atoms with Crippen LogP contribution in [0.3, 0.4) is 0 Å². The van der Waals surface area contributed by atoms with E-state index < -0.39 is 0 Å². The Morgan fingerprint density at radius 1 is 1.16 bits per heavy atom. The second-order valence-corrected chi connectivity index (χ2v) is 10.1. The van der Waals surface area contributed by atoms with Gasteiger partial charge in [-0.25, -0.2) is 9.37 Å². The van der Waals surface area contributed by atoms with Gasteiger partial charge >= 0.3 is 0 Å². The summed E-state index contributed by atoms with van der Waals surface area (Å²) in [6.07, 6.45) is 8.38. The van der Waals surface area contributed by atoms with Gasteiger partial charge in [0.15, 0.2) is 0 Å².